The van der Waals surface area contributed by atoms with Crippen LogP contribution in [0.5, 0.6) is 0 Å². The molecule has 2 N–H and O–H groups in total. The van der Waals surface area contributed by atoms with Gasteiger partial charge in [-0.2, -0.15) is 0 Å². The van der Waals surface area contributed by atoms with Gasteiger partial charge in [-0.3, -0.25) is 0 Å². The molecule has 102 valence electrons. The summed E-state index contributed by atoms with van der Waals surface area (Å²) >= 11 is 0. The van der Waals surface area contributed by atoms with Crippen LogP contribution in [-0.2, 0) is 4.74 Å². The molecule has 0 aromatic carbocycles. The molecule has 17 heavy (non-hydrogen) atoms. The van der Waals surface area contributed by atoms with Crippen molar-refractivity contribution >= 4 is 6.09 Å². The van der Waals surface area contributed by atoms with Crippen molar-refractivity contribution in [1.29, 1.82) is 0 Å². The van der Waals surface area contributed by atoms with Crippen LogP contribution in [0.2, 0.25) is 0 Å². The molecule has 4 nitrogen and oxygen atoms in total. The summed E-state index contributed by atoms with van der Waals surface area (Å²) in [4.78, 5) is 12.3. The highest BCUT2D eigenvalue weighted by Gasteiger charge is 2.48. The number of likely N-dealkylation sites (tertiary alicyclic amines) is 1. The van der Waals surface area contributed by atoms with Crippen molar-refractivity contribution in [2.45, 2.75) is 52.2 Å². The first kappa shape index (κ1) is 16.1. The number of nitrogens with two attached hydrogens (primary N) is 1. The predicted octanol–water partition coefficient (Wildman–Crippen LogP) is 2.23. The standard InChI is InChI=1S/C9H16F2N2O2.C2H6/c1-8(2,3)15-7(14)13-4-6(12)9(10,11)5-13;1-2/h6H,4-5,12H2,1-3H3;1-2H3. The summed E-state index contributed by atoms with van der Waals surface area (Å²) in [6, 6.07) is -1.30. The fourth-order valence-corrected chi connectivity index (χ4v) is 1.27. The molecule has 1 saturated heterocycles. The van der Waals surface area contributed by atoms with E-state index in [1.54, 1.807) is 20.8 Å². The van der Waals surface area contributed by atoms with Gasteiger partial charge in [-0.25, -0.2) is 13.6 Å². The van der Waals surface area contributed by atoms with Crippen LogP contribution in [0.1, 0.15) is 34.6 Å². The SMILES string of the molecule is CC.CC(C)(C)OC(=O)N1CC(N)C(F)(F)C1. The average Bonchev–Trinajstić information content (AvgIpc) is 2.42. The van der Waals surface area contributed by atoms with Gasteiger partial charge in [0, 0.05) is 6.54 Å². The fourth-order valence-electron chi connectivity index (χ4n) is 1.27. The second-order valence-electron chi connectivity index (χ2n) is 4.73. The molecule has 1 heterocycles. The number of ether oxygens (including phenoxy) is 1. The number of alkyl halides is 2. The number of hydrogen-bond donors (Lipinski definition) is 1. The molecule has 0 aliphatic carbocycles. The summed E-state index contributed by atoms with van der Waals surface area (Å²) < 4.78 is 31.0. The molecule has 1 fully saturated rings. The van der Waals surface area contributed by atoms with E-state index >= 15 is 0 Å². The number of amides is 1. The smallest absolute Gasteiger partial charge is 0.410 e. The molecule has 0 aromatic rings. The molecule has 1 rings (SSSR count). The molecule has 1 unspecified atom stereocenters. The summed E-state index contributed by atoms with van der Waals surface area (Å²) in [6.45, 7) is 8.21. The van der Waals surface area contributed by atoms with Gasteiger partial charge in [0.15, 0.2) is 0 Å². The van der Waals surface area contributed by atoms with E-state index in [4.69, 9.17) is 10.5 Å². The Morgan fingerprint density at radius 1 is 1.41 bits per heavy atom. The van der Waals surface area contributed by atoms with E-state index in [-0.39, 0.29) is 6.54 Å². The lowest BCUT2D eigenvalue weighted by Crippen LogP contribution is -2.38. The van der Waals surface area contributed by atoms with Crippen molar-refractivity contribution < 1.29 is 18.3 Å². The Balaban J connectivity index is 0.00000121. The highest BCUT2D eigenvalue weighted by Crippen LogP contribution is 2.27. The maximum atomic E-state index is 13.0. The van der Waals surface area contributed by atoms with Crippen LogP contribution in [0.15, 0.2) is 0 Å². The Labute approximate surface area is 101 Å². The van der Waals surface area contributed by atoms with Gasteiger partial charge in [0.2, 0.25) is 0 Å². The average molecular weight is 252 g/mol. The highest BCUT2D eigenvalue weighted by molar-refractivity contribution is 5.68. The molecule has 0 spiro atoms. The van der Waals surface area contributed by atoms with Gasteiger partial charge < -0.3 is 15.4 Å². The third kappa shape index (κ3) is 4.85. The van der Waals surface area contributed by atoms with Crippen molar-refractivity contribution in [2.75, 3.05) is 13.1 Å². The van der Waals surface area contributed by atoms with E-state index in [1.807, 2.05) is 13.8 Å². The van der Waals surface area contributed by atoms with E-state index in [9.17, 15) is 13.6 Å². The minimum absolute atomic E-state index is 0.165. The second kappa shape index (κ2) is 5.62. The van der Waals surface area contributed by atoms with Gasteiger partial charge in [0.05, 0.1) is 12.6 Å². The van der Waals surface area contributed by atoms with E-state index in [0.29, 0.717) is 0 Å². The zero-order chi connectivity index (χ0) is 13.9. The van der Waals surface area contributed by atoms with Gasteiger partial charge in [-0.1, -0.05) is 13.8 Å². The van der Waals surface area contributed by atoms with Gasteiger partial charge >= 0.3 is 6.09 Å². The Morgan fingerprint density at radius 3 is 2.18 bits per heavy atom. The lowest BCUT2D eigenvalue weighted by atomic mass is 10.2. The molecule has 0 bridgehead atoms. The van der Waals surface area contributed by atoms with Crippen LogP contribution in [0.4, 0.5) is 13.6 Å². The summed E-state index contributed by atoms with van der Waals surface area (Å²) in [7, 11) is 0. The summed E-state index contributed by atoms with van der Waals surface area (Å²) in [5.74, 6) is -3.02. The van der Waals surface area contributed by atoms with Crippen LogP contribution in [0.25, 0.3) is 0 Å². The molecule has 0 saturated carbocycles. The van der Waals surface area contributed by atoms with E-state index in [1.165, 1.54) is 0 Å². The maximum absolute atomic E-state index is 13.0. The summed E-state index contributed by atoms with van der Waals surface area (Å²) in [5.41, 5.74) is 4.52. The molecule has 0 aromatic heterocycles. The second-order valence-corrected chi connectivity index (χ2v) is 4.73. The Morgan fingerprint density at radius 2 is 1.88 bits per heavy atom. The van der Waals surface area contributed by atoms with Crippen LogP contribution in [0, 0.1) is 0 Å². The first-order valence-corrected chi connectivity index (χ1v) is 5.73. The lowest BCUT2D eigenvalue weighted by molar-refractivity contribution is -0.00942. The highest BCUT2D eigenvalue weighted by atomic mass is 19.3. The number of halogens is 2. The van der Waals surface area contributed by atoms with Gasteiger partial charge in [0.25, 0.3) is 5.92 Å². The number of carbonyl (C=O) groups excluding carboxylic acids is 1. The molecule has 1 aliphatic heterocycles. The largest absolute Gasteiger partial charge is 0.444 e. The van der Waals surface area contributed by atoms with E-state index in [0.717, 1.165) is 4.90 Å². The van der Waals surface area contributed by atoms with Crippen LogP contribution >= 0.6 is 0 Å². The molecular weight excluding hydrogens is 230 g/mol. The van der Waals surface area contributed by atoms with Crippen LogP contribution in [-0.4, -0.2) is 41.6 Å². The van der Waals surface area contributed by atoms with Crippen molar-refractivity contribution in [3.05, 3.63) is 0 Å². The lowest BCUT2D eigenvalue weighted by Gasteiger charge is -2.24. The monoisotopic (exact) mass is 252 g/mol. The van der Waals surface area contributed by atoms with Crippen molar-refractivity contribution in [1.82, 2.24) is 4.90 Å². The van der Waals surface area contributed by atoms with Crippen LogP contribution in [0.3, 0.4) is 0 Å². The third-order valence-electron chi connectivity index (χ3n) is 2.01. The van der Waals surface area contributed by atoms with Crippen molar-refractivity contribution in [2.24, 2.45) is 5.73 Å². The first-order chi connectivity index (χ1) is 7.62. The normalized spacial score (nSPS) is 22.8. The predicted molar refractivity (Wildman–Crippen MR) is 62.1 cm³/mol. The molecule has 1 aliphatic rings. The number of nitrogens with zero attached hydrogens (tertiary/aromatic N) is 1. The van der Waals surface area contributed by atoms with Crippen molar-refractivity contribution in [3.8, 4) is 0 Å². The maximum Gasteiger partial charge on any atom is 0.410 e. The Hall–Kier alpha value is -0.910. The Bertz CT molecular complexity index is 265. The van der Waals surface area contributed by atoms with Gasteiger partial charge in [0.1, 0.15) is 5.60 Å². The molecule has 1 amide bonds. The Kier molecular flexibility index (Phi) is 5.32. The minimum atomic E-state index is -3.02. The molecule has 0 radical (unpaired) electrons. The van der Waals surface area contributed by atoms with Gasteiger partial charge in [-0.05, 0) is 20.8 Å². The van der Waals surface area contributed by atoms with E-state index < -0.39 is 30.2 Å². The third-order valence-corrected chi connectivity index (χ3v) is 2.01. The van der Waals surface area contributed by atoms with Crippen molar-refractivity contribution in [3.63, 3.8) is 0 Å². The topological polar surface area (TPSA) is 55.6 Å². The zero-order valence-electron chi connectivity index (χ0n) is 11.1. The minimum Gasteiger partial charge on any atom is -0.444 e. The fraction of sp³-hybridized carbons (Fsp3) is 0.909. The number of hydrogen-bond acceptors (Lipinski definition) is 3. The van der Waals surface area contributed by atoms with E-state index in [2.05, 4.69) is 0 Å². The quantitative estimate of drug-likeness (QED) is 0.719. The molecule has 6 heteroatoms. The summed E-state index contributed by atoms with van der Waals surface area (Å²) in [6.07, 6.45) is -0.741. The molecule has 1 atom stereocenters. The number of carbonyl (C=O) groups is 1. The first-order valence-electron chi connectivity index (χ1n) is 5.73. The summed E-state index contributed by atoms with van der Waals surface area (Å²) in [5, 5.41) is 0. The number of rotatable bonds is 0. The van der Waals surface area contributed by atoms with Crippen LogP contribution < -0.4 is 5.73 Å². The zero-order valence-corrected chi connectivity index (χ0v) is 11.1. The van der Waals surface area contributed by atoms with Gasteiger partial charge in [-0.15, -0.1) is 0 Å². The molecular formula is C11H22F2N2O2.